The second-order valence-corrected chi connectivity index (χ2v) is 22.8. The topological polar surface area (TPSA) is 0 Å². The van der Waals surface area contributed by atoms with Crippen molar-refractivity contribution in [3.05, 3.63) is 17.5 Å². The summed E-state index contributed by atoms with van der Waals surface area (Å²) in [5, 5.41) is 3.79. The Hall–Kier alpha value is 0.459. The molecule has 0 fully saturated rings. The third kappa shape index (κ3) is 4.48. The number of thiophene rings is 2. The van der Waals surface area contributed by atoms with Crippen LogP contribution in [-0.4, -0.2) is 18.4 Å². The molecule has 0 aliphatic carbocycles. The van der Waals surface area contributed by atoms with Gasteiger partial charge >= 0.3 is 143 Å². The molecule has 0 unspecified atom stereocenters. The van der Waals surface area contributed by atoms with E-state index in [2.05, 4.69) is 49.6 Å². The molecule has 0 N–H and O–H groups in total. The van der Waals surface area contributed by atoms with E-state index in [9.17, 15) is 0 Å². The second kappa shape index (κ2) is 8.93. The number of hydrogen-bond donors (Lipinski definition) is 0. The first-order valence-corrected chi connectivity index (χ1v) is 17.9. The van der Waals surface area contributed by atoms with Gasteiger partial charge < -0.3 is 0 Å². The normalized spacial score (nSPS) is 12.3. The fraction of sp³-hybridized carbons (Fsp3) is 0.667. The maximum absolute atomic E-state index is 2.60. The Bertz CT molecular complexity index is 476. The Kier molecular flexibility index (Phi) is 7.57. The van der Waals surface area contributed by atoms with E-state index in [1.807, 2.05) is 14.2 Å². The molecule has 2 heterocycles. The van der Waals surface area contributed by atoms with Gasteiger partial charge in [-0.15, -0.1) is 0 Å². The summed E-state index contributed by atoms with van der Waals surface area (Å²) in [5.74, 6) is 0. The van der Waals surface area contributed by atoms with Gasteiger partial charge in [-0.2, -0.15) is 0 Å². The van der Waals surface area contributed by atoms with Crippen LogP contribution in [0.15, 0.2) is 17.5 Å². The predicted molar refractivity (Wildman–Crippen MR) is 104 cm³/mol. The van der Waals surface area contributed by atoms with Crippen molar-refractivity contribution >= 4 is 53.3 Å². The summed E-state index contributed by atoms with van der Waals surface area (Å²) < 4.78 is 8.26. The Balaban J connectivity index is 2.31. The molecule has 0 saturated carbocycles. The van der Waals surface area contributed by atoms with Crippen molar-refractivity contribution in [3.63, 3.8) is 0 Å². The van der Waals surface area contributed by atoms with Crippen LogP contribution in [0.1, 0.15) is 59.3 Å². The molecular formula is C18H30S2Sn. The van der Waals surface area contributed by atoms with Crippen LogP contribution in [0.25, 0.3) is 9.40 Å². The number of rotatable bonds is 10. The molecule has 0 radical (unpaired) electrons. The average Bonchev–Trinajstić information content (AvgIpc) is 3.08. The summed E-state index contributed by atoms with van der Waals surface area (Å²) in [4.78, 5) is 0. The minimum absolute atomic E-state index is 1.37. The van der Waals surface area contributed by atoms with E-state index in [1.165, 1.54) is 43.9 Å². The van der Waals surface area contributed by atoms with Crippen molar-refractivity contribution in [1.82, 2.24) is 0 Å². The number of unbranched alkanes of at least 4 members (excludes halogenated alkanes) is 3. The van der Waals surface area contributed by atoms with E-state index in [0.717, 1.165) is 0 Å². The fourth-order valence-electron chi connectivity index (χ4n) is 3.32. The standard InChI is InChI=1S/C6H3S2.3C4H9.Sn/c1-3-7-6-5(1)2-4-8-6;3*1-3-4-2;/h1-3H;3*1,3-4H2,2H3;. The molecule has 118 valence electrons. The van der Waals surface area contributed by atoms with Crippen molar-refractivity contribution in [2.75, 3.05) is 0 Å². The van der Waals surface area contributed by atoms with Crippen molar-refractivity contribution in [3.8, 4) is 0 Å². The van der Waals surface area contributed by atoms with Crippen molar-refractivity contribution in [2.45, 2.75) is 72.6 Å². The molecular weight excluding hydrogens is 399 g/mol. The zero-order valence-corrected chi connectivity index (χ0v) is 18.4. The average molecular weight is 429 g/mol. The van der Waals surface area contributed by atoms with E-state index >= 15 is 0 Å². The van der Waals surface area contributed by atoms with Crippen LogP contribution in [0, 0.1) is 0 Å². The summed E-state index contributed by atoms with van der Waals surface area (Å²) in [6.45, 7) is 7.09. The molecule has 0 nitrogen and oxygen atoms in total. The molecule has 0 aromatic carbocycles. The first-order valence-electron chi connectivity index (χ1n) is 8.73. The number of fused-ring (bicyclic) bond motifs is 1. The second-order valence-electron chi connectivity index (χ2n) is 6.37. The molecule has 0 bridgehead atoms. The molecule has 2 aromatic rings. The van der Waals surface area contributed by atoms with Crippen LogP contribution in [0.5, 0.6) is 0 Å². The van der Waals surface area contributed by atoms with Gasteiger partial charge in [0.15, 0.2) is 0 Å². The van der Waals surface area contributed by atoms with E-state index in [-0.39, 0.29) is 0 Å². The van der Waals surface area contributed by atoms with Gasteiger partial charge in [0.25, 0.3) is 0 Å². The molecule has 0 saturated heterocycles. The summed E-state index contributed by atoms with van der Waals surface area (Å²) in [6, 6.07) is 4.93. The molecule has 2 aromatic heterocycles. The van der Waals surface area contributed by atoms with Crippen LogP contribution in [-0.2, 0) is 0 Å². The predicted octanol–water partition coefficient (Wildman–Crippen LogP) is 7.02. The van der Waals surface area contributed by atoms with E-state index < -0.39 is 18.4 Å². The van der Waals surface area contributed by atoms with Crippen molar-refractivity contribution < 1.29 is 0 Å². The molecule has 0 atom stereocenters. The molecule has 0 aliphatic rings. The maximum atomic E-state index is 2.60. The third-order valence-electron chi connectivity index (χ3n) is 4.70. The van der Waals surface area contributed by atoms with E-state index in [0.29, 0.717) is 0 Å². The van der Waals surface area contributed by atoms with E-state index in [4.69, 9.17) is 0 Å². The molecule has 0 spiro atoms. The summed E-state index contributed by atoms with van der Waals surface area (Å²) in [7, 11) is 0. The quantitative estimate of drug-likeness (QED) is 0.356. The molecule has 2 rings (SSSR count). The Morgan fingerprint density at radius 3 is 1.95 bits per heavy atom. The van der Waals surface area contributed by atoms with Crippen LogP contribution < -0.4 is 2.89 Å². The SMILES string of the molecule is CCC[CH2][Sn]([CH2]CCC)([CH2]CCC)[c]1cc2ccsc2s1. The monoisotopic (exact) mass is 430 g/mol. The van der Waals surface area contributed by atoms with Crippen molar-refractivity contribution in [2.24, 2.45) is 0 Å². The van der Waals surface area contributed by atoms with Gasteiger partial charge in [-0.1, -0.05) is 0 Å². The zero-order valence-electron chi connectivity index (χ0n) is 13.9. The first-order chi connectivity index (χ1) is 10.3. The van der Waals surface area contributed by atoms with Crippen LogP contribution in [0.2, 0.25) is 13.3 Å². The van der Waals surface area contributed by atoms with Gasteiger partial charge in [0.2, 0.25) is 0 Å². The van der Waals surface area contributed by atoms with Gasteiger partial charge in [0.05, 0.1) is 0 Å². The Morgan fingerprint density at radius 2 is 1.48 bits per heavy atom. The zero-order chi connectivity index (χ0) is 15.1. The van der Waals surface area contributed by atoms with Gasteiger partial charge in [0.1, 0.15) is 0 Å². The van der Waals surface area contributed by atoms with Gasteiger partial charge in [0, 0.05) is 0 Å². The van der Waals surface area contributed by atoms with Crippen molar-refractivity contribution in [1.29, 1.82) is 0 Å². The van der Waals surface area contributed by atoms with Crippen LogP contribution >= 0.6 is 22.7 Å². The molecule has 21 heavy (non-hydrogen) atoms. The molecule has 0 aliphatic heterocycles. The molecule has 0 amide bonds. The number of hydrogen-bond acceptors (Lipinski definition) is 2. The Labute approximate surface area is 142 Å². The fourth-order valence-corrected chi connectivity index (χ4v) is 25.2. The van der Waals surface area contributed by atoms with Gasteiger partial charge in [-0.05, 0) is 0 Å². The van der Waals surface area contributed by atoms with Crippen LogP contribution in [0.3, 0.4) is 0 Å². The molecule has 3 heteroatoms. The third-order valence-corrected chi connectivity index (χ3v) is 25.1. The van der Waals surface area contributed by atoms with E-state index in [1.54, 1.807) is 17.3 Å². The minimum atomic E-state index is -2.14. The Morgan fingerprint density at radius 1 is 0.905 bits per heavy atom. The van der Waals surface area contributed by atoms with Gasteiger partial charge in [-0.3, -0.25) is 0 Å². The summed E-state index contributed by atoms with van der Waals surface area (Å²) in [6.07, 6.45) is 8.52. The summed E-state index contributed by atoms with van der Waals surface area (Å²) in [5.41, 5.74) is 0. The first kappa shape index (κ1) is 17.8. The summed E-state index contributed by atoms with van der Waals surface area (Å²) >= 11 is 1.99. The van der Waals surface area contributed by atoms with Crippen LogP contribution in [0.4, 0.5) is 0 Å². The van der Waals surface area contributed by atoms with Gasteiger partial charge in [-0.25, -0.2) is 0 Å².